The summed E-state index contributed by atoms with van der Waals surface area (Å²) >= 11 is 0. The average Bonchev–Trinajstić information content (AvgIpc) is 2.86. The Morgan fingerprint density at radius 3 is 2.59 bits per heavy atom. The minimum absolute atomic E-state index is 0.352. The lowest BCUT2D eigenvalue weighted by atomic mass is 9.76. The molecule has 1 N–H and O–H groups in total. The maximum Gasteiger partial charge on any atom is 0.341 e. The summed E-state index contributed by atoms with van der Waals surface area (Å²) in [5, 5.41) is 10.8. The average molecular weight is 232 g/mol. The molecule has 17 heavy (non-hydrogen) atoms. The fourth-order valence-electron chi connectivity index (χ4n) is 3.14. The molecule has 0 aromatic heterocycles. The first-order valence-corrected chi connectivity index (χ1v) is 6.12. The van der Waals surface area contributed by atoms with Gasteiger partial charge in [0.25, 0.3) is 0 Å². The molecular weight excluding hydrogens is 216 g/mol. The first-order chi connectivity index (χ1) is 8.07. The van der Waals surface area contributed by atoms with Gasteiger partial charge in [-0.1, -0.05) is 38.0 Å². The number of hydrogen-bond donors (Lipinski definition) is 1. The molecule has 0 amide bonds. The highest BCUT2D eigenvalue weighted by atomic mass is 16.7. The van der Waals surface area contributed by atoms with Crippen LogP contribution < -0.4 is 0 Å². The molecule has 3 heteroatoms. The summed E-state index contributed by atoms with van der Waals surface area (Å²) in [7, 11) is 0. The number of ether oxygens (including phenoxy) is 1. The quantitative estimate of drug-likeness (QED) is 0.757. The Morgan fingerprint density at radius 2 is 1.88 bits per heavy atom. The largest absolute Gasteiger partial charge is 0.425 e. The minimum atomic E-state index is -1.43. The van der Waals surface area contributed by atoms with Crippen LogP contribution in [0.4, 0.5) is 0 Å². The van der Waals surface area contributed by atoms with Crippen molar-refractivity contribution >= 4 is 5.97 Å². The Morgan fingerprint density at radius 1 is 1.24 bits per heavy atom. The molecule has 1 heterocycles. The fourth-order valence-corrected chi connectivity index (χ4v) is 3.14. The van der Waals surface area contributed by atoms with Crippen molar-refractivity contribution in [2.75, 3.05) is 0 Å². The first-order valence-electron chi connectivity index (χ1n) is 6.12. The second kappa shape index (κ2) is 3.33. The van der Waals surface area contributed by atoms with Gasteiger partial charge in [-0.3, -0.25) is 0 Å². The van der Waals surface area contributed by atoms with Gasteiger partial charge < -0.3 is 9.84 Å². The van der Waals surface area contributed by atoms with E-state index >= 15 is 0 Å². The van der Waals surface area contributed by atoms with Gasteiger partial charge in [-0.05, 0) is 18.9 Å². The molecule has 3 rings (SSSR count). The zero-order chi connectivity index (χ0) is 12.1. The topological polar surface area (TPSA) is 46.5 Å². The smallest absolute Gasteiger partial charge is 0.341 e. The molecule has 1 aromatic rings. The van der Waals surface area contributed by atoms with E-state index in [4.69, 9.17) is 4.74 Å². The van der Waals surface area contributed by atoms with Gasteiger partial charge in [0.2, 0.25) is 5.79 Å². The molecule has 0 bridgehead atoms. The molecule has 1 saturated carbocycles. The van der Waals surface area contributed by atoms with Gasteiger partial charge in [-0.2, -0.15) is 0 Å². The summed E-state index contributed by atoms with van der Waals surface area (Å²) in [5.74, 6) is -1.84. The van der Waals surface area contributed by atoms with E-state index in [0.29, 0.717) is 11.1 Å². The second-order valence-corrected chi connectivity index (χ2v) is 5.35. The highest BCUT2D eigenvalue weighted by Crippen LogP contribution is 2.54. The van der Waals surface area contributed by atoms with Crippen LogP contribution in [0.25, 0.3) is 0 Å². The summed E-state index contributed by atoms with van der Waals surface area (Å²) in [5.41, 5.74) is 0.785. The molecule has 90 valence electrons. The Labute approximate surface area is 100 Å². The Balaban J connectivity index is 2.14. The third-order valence-corrected chi connectivity index (χ3v) is 4.28. The third-order valence-electron chi connectivity index (χ3n) is 4.28. The molecule has 0 spiro atoms. The predicted molar refractivity (Wildman–Crippen MR) is 62.3 cm³/mol. The molecule has 1 aromatic carbocycles. The van der Waals surface area contributed by atoms with Gasteiger partial charge in [-0.15, -0.1) is 0 Å². The van der Waals surface area contributed by atoms with E-state index in [-0.39, 0.29) is 5.41 Å². The third kappa shape index (κ3) is 1.29. The summed E-state index contributed by atoms with van der Waals surface area (Å²) in [6.07, 6.45) is 3.95. The molecule has 0 radical (unpaired) electrons. The first kappa shape index (κ1) is 10.8. The van der Waals surface area contributed by atoms with E-state index in [1.807, 2.05) is 13.0 Å². The lowest BCUT2D eigenvalue weighted by Crippen LogP contribution is -2.42. The van der Waals surface area contributed by atoms with E-state index in [1.165, 1.54) is 0 Å². The fraction of sp³-hybridized carbons (Fsp3) is 0.500. The van der Waals surface area contributed by atoms with E-state index in [9.17, 15) is 9.90 Å². The van der Waals surface area contributed by atoms with Crippen LogP contribution in [0, 0.1) is 5.41 Å². The second-order valence-electron chi connectivity index (χ2n) is 5.35. The van der Waals surface area contributed by atoms with E-state index in [1.54, 1.807) is 18.2 Å². The van der Waals surface area contributed by atoms with Gasteiger partial charge in [0.1, 0.15) is 0 Å². The number of benzene rings is 1. The van der Waals surface area contributed by atoms with Crippen LogP contribution in [0.5, 0.6) is 0 Å². The van der Waals surface area contributed by atoms with Gasteiger partial charge in [-0.25, -0.2) is 4.79 Å². The van der Waals surface area contributed by atoms with Crippen molar-refractivity contribution in [3.63, 3.8) is 0 Å². The summed E-state index contributed by atoms with van der Waals surface area (Å²) in [6, 6.07) is 7.14. The van der Waals surface area contributed by atoms with E-state index in [2.05, 4.69) is 0 Å². The standard InChI is InChI=1S/C14H16O3/c1-13(8-4-5-9-13)14(16)11-7-3-2-6-10(11)12(15)17-14/h2-3,6-7,16H,4-5,8-9H2,1H3. The van der Waals surface area contributed by atoms with Gasteiger partial charge in [0, 0.05) is 11.0 Å². The lowest BCUT2D eigenvalue weighted by molar-refractivity contribution is -0.237. The van der Waals surface area contributed by atoms with Crippen LogP contribution in [0.3, 0.4) is 0 Å². The number of cyclic esters (lactones) is 1. The number of carbonyl (C=O) groups excluding carboxylic acids is 1. The maximum absolute atomic E-state index is 11.8. The van der Waals surface area contributed by atoms with E-state index in [0.717, 1.165) is 25.7 Å². The van der Waals surface area contributed by atoms with Crippen LogP contribution >= 0.6 is 0 Å². The molecule has 1 atom stereocenters. The van der Waals surface area contributed by atoms with Gasteiger partial charge in [0.15, 0.2) is 0 Å². The summed E-state index contributed by atoms with van der Waals surface area (Å²) in [4.78, 5) is 11.8. The van der Waals surface area contributed by atoms with Crippen LogP contribution in [0.1, 0.15) is 48.5 Å². The number of esters is 1. The van der Waals surface area contributed by atoms with Crippen LogP contribution in [-0.2, 0) is 10.5 Å². The molecule has 1 unspecified atom stereocenters. The zero-order valence-electron chi connectivity index (χ0n) is 9.90. The number of aliphatic hydroxyl groups is 1. The molecule has 1 aliphatic carbocycles. The summed E-state index contributed by atoms with van der Waals surface area (Å²) < 4.78 is 5.32. The van der Waals surface area contributed by atoms with Crippen molar-refractivity contribution < 1.29 is 14.6 Å². The summed E-state index contributed by atoms with van der Waals surface area (Å²) in [6.45, 7) is 2.01. The Hall–Kier alpha value is -1.35. The molecule has 3 nitrogen and oxygen atoms in total. The Bertz CT molecular complexity index is 474. The maximum atomic E-state index is 11.8. The normalized spacial score (nSPS) is 30.1. The van der Waals surface area contributed by atoms with Crippen molar-refractivity contribution in [3.05, 3.63) is 35.4 Å². The predicted octanol–water partition coefficient (Wildman–Crippen LogP) is 2.58. The van der Waals surface area contributed by atoms with E-state index < -0.39 is 11.8 Å². The van der Waals surface area contributed by atoms with Gasteiger partial charge in [0.05, 0.1) is 5.56 Å². The molecular formula is C14H16O3. The molecule has 0 saturated heterocycles. The van der Waals surface area contributed by atoms with Crippen LogP contribution in [-0.4, -0.2) is 11.1 Å². The molecule has 1 fully saturated rings. The van der Waals surface area contributed by atoms with Gasteiger partial charge >= 0.3 is 5.97 Å². The van der Waals surface area contributed by atoms with Crippen molar-refractivity contribution in [2.45, 2.75) is 38.4 Å². The SMILES string of the molecule is CC1(C2(O)OC(=O)c3ccccc32)CCCC1. The number of hydrogen-bond acceptors (Lipinski definition) is 3. The number of rotatable bonds is 1. The van der Waals surface area contributed by atoms with Crippen molar-refractivity contribution in [3.8, 4) is 0 Å². The van der Waals surface area contributed by atoms with Crippen LogP contribution in [0.15, 0.2) is 24.3 Å². The highest BCUT2D eigenvalue weighted by molar-refractivity contribution is 5.94. The Kier molecular flexibility index (Phi) is 2.11. The molecule has 2 aliphatic rings. The van der Waals surface area contributed by atoms with Crippen molar-refractivity contribution in [1.29, 1.82) is 0 Å². The monoisotopic (exact) mass is 232 g/mol. The van der Waals surface area contributed by atoms with Crippen LogP contribution in [0.2, 0.25) is 0 Å². The number of fused-ring (bicyclic) bond motifs is 1. The van der Waals surface area contributed by atoms with Crippen molar-refractivity contribution in [2.24, 2.45) is 5.41 Å². The zero-order valence-corrected chi connectivity index (χ0v) is 9.90. The lowest BCUT2D eigenvalue weighted by Gasteiger charge is -2.38. The number of carbonyl (C=O) groups is 1. The minimum Gasteiger partial charge on any atom is -0.425 e. The van der Waals surface area contributed by atoms with Crippen molar-refractivity contribution in [1.82, 2.24) is 0 Å². The molecule has 1 aliphatic heterocycles. The highest BCUT2D eigenvalue weighted by Gasteiger charge is 2.57.